The lowest BCUT2D eigenvalue weighted by Gasteiger charge is -2.17. The van der Waals surface area contributed by atoms with E-state index in [1.807, 2.05) is 42.5 Å². The Hall–Kier alpha value is -3.57. The molecule has 0 radical (unpaired) electrons. The van der Waals surface area contributed by atoms with Crippen molar-refractivity contribution in [1.82, 2.24) is 20.2 Å². The summed E-state index contributed by atoms with van der Waals surface area (Å²) < 4.78 is 0. The first kappa shape index (κ1) is 17.8. The minimum Gasteiger partial charge on any atom is -0.380 e. The molecule has 0 spiro atoms. The van der Waals surface area contributed by atoms with Gasteiger partial charge in [0.15, 0.2) is 11.5 Å². The Balaban J connectivity index is 1.63. The fourth-order valence-corrected chi connectivity index (χ4v) is 3.32. The molecule has 1 fully saturated rings. The summed E-state index contributed by atoms with van der Waals surface area (Å²) in [4.78, 5) is 8.18. The van der Waals surface area contributed by atoms with Crippen LogP contribution in [0.2, 0.25) is 0 Å². The second kappa shape index (κ2) is 7.98. The predicted octanol–water partition coefficient (Wildman–Crippen LogP) is 2.84. The molecule has 0 amide bonds. The number of anilines is 3. The molecule has 0 saturated heterocycles. The number of nitrogens with two attached hydrogens (primary N) is 1. The SMILES string of the molecule is N#Cc1cnc(Nc2cc(NC3CCC(N)C3)c(-c3ccccc3)nn2)cn1. The fourth-order valence-electron chi connectivity index (χ4n) is 3.32. The Labute approximate surface area is 162 Å². The first-order valence-electron chi connectivity index (χ1n) is 9.15. The van der Waals surface area contributed by atoms with Crippen LogP contribution in [0.1, 0.15) is 25.0 Å². The molecule has 28 heavy (non-hydrogen) atoms. The van der Waals surface area contributed by atoms with Crippen LogP contribution in [0.25, 0.3) is 11.3 Å². The van der Waals surface area contributed by atoms with Gasteiger partial charge in [-0.1, -0.05) is 30.3 Å². The lowest BCUT2D eigenvalue weighted by Crippen LogP contribution is -2.21. The third kappa shape index (κ3) is 4.05. The van der Waals surface area contributed by atoms with E-state index in [9.17, 15) is 0 Å². The third-order valence-electron chi connectivity index (χ3n) is 4.70. The summed E-state index contributed by atoms with van der Waals surface area (Å²) >= 11 is 0. The fraction of sp³-hybridized carbons (Fsp3) is 0.250. The van der Waals surface area contributed by atoms with Gasteiger partial charge < -0.3 is 16.4 Å². The molecule has 1 aromatic carbocycles. The van der Waals surface area contributed by atoms with E-state index in [1.165, 1.54) is 12.4 Å². The van der Waals surface area contributed by atoms with Crippen molar-refractivity contribution in [3.05, 3.63) is 54.5 Å². The van der Waals surface area contributed by atoms with E-state index in [0.29, 0.717) is 17.7 Å². The van der Waals surface area contributed by atoms with Crippen molar-refractivity contribution < 1.29 is 0 Å². The van der Waals surface area contributed by atoms with E-state index >= 15 is 0 Å². The van der Waals surface area contributed by atoms with Gasteiger partial charge in [0, 0.05) is 23.7 Å². The van der Waals surface area contributed by atoms with Gasteiger partial charge in [-0.2, -0.15) is 5.26 Å². The summed E-state index contributed by atoms with van der Waals surface area (Å²) in [5, 5.41) is 24.2. The van der Waals surface area contributed by atoms with Crippen molar-refractivity contribution in [2.24, 2.45) is 5.73 Å². The summed E-state index contributed by atoms with van der Waals surface area (Å²) in [6.07, 6.45) is 5.88. The largest absolute Gasteiger partial charge is 0.380 e. The second-order valence-electron chi connectivity index (χ2n) is 6.80. The van der Waals surface area contributed by atoms with E-state index in [2.05, 4.69) is 30.8 Å². The lowest BCUT2D eigenvalue weighted by atomic mass is 10.1. The second-order valence-corrected chi connectivity index (χ2v) is 6.80. The summed E-state index contributed by atoms with van der Waals surface area (Å²) in [6, 6.07) is 14.4. The van der Waals surface area contributed by atoms with Crippen LogP contribution in [0.15, 0.2) is 48.8 Å². The van der Waals surface area contributed by atoms with E-state index in [1.54, 1.807) is 0 Å². The van der Waals surface area contributed by atoms with Crippen molar-refractivity contribution in [3.8, 4) is 17.3 Å². The minimum atomic E-state index is 0.235. The van der Waals surface area contributed by atoms with Gasteiger partial charge in [-0.3, -0.25) is 0 Å². The number of benzene rings is 1. The van der Waals surface area contributed by atoms with Crippen molar-refractivity contribution in [3.63, 3.8) is 0 Å². The summed E-state index contributed by atoms with van der Waals surface area (Å²) in [7, 11) is 0. The highest BCUT2D eigenvalue weighted by Gasteiger charge is 2.23. The first-order chi connectivity index (χ1) is 13.7. The monoisotopic (exact) mass is 372 g/mol. The molecule has 4 N–H and O–H groups in total. The van der Waals surface area contributed by atoms with Crippen LogP contribution in [0, 0.1) is 11.3 Å². The number of nitrogens with zero attached hydrogens (tertiary/aromatic N) is 5. The molecule has 1 aliphatic rings. The van der Waals surface area contributed by atoms with Crippen molar-refractivity contribution >= 4 is 17.3 Å². The average Bonchev–Trinajstić information content (AvgIpc) is 3.14. The molecule has 140 valence electrons. The van der Waals surface area contributed by atoms with Gasteiger partial charge in [0.1, 0.15) is 17.6 Å². The van der Waals surface area contributed by atoms with E-state index in [-0.39, 0.29) is 11.7 Å². The third-order valence-corrected chi connectivity index (χ3v) is 4.70. The first-order valence-corrected chi connectivity index (χ1v) is 9.15. The molecule has 1 aliphatic carbocycles. The van der Waals surface area contributed by atoms with Crippen molar-refractivity contribution in [2.75, 3.05) is 10.6 Å². The zero-order valence-electron chi connectivity index (χ0n) is 15.2. The normalized spacial score (nSPS) is 18.4. The van der Waals surface area contributed by atoms with Crippen LogP contribution in [0.3, 0.4) is 0 Å². The highest BCUT2D eigenvalue weighted by Crippen LogP contribution is 2.30. The van der Waals surface area contributed by atoms with Crippen molar-refractivity contribution in [1.29, 1.82) is 5.26 Å². The molecule has 0 bridgehead atoms. The number of rotatable bonds is 5. The molecule has 3 aromatic rings. The number of hydrogen-bond donors (Lipinski definition) is 3. The van der Waals surface area contributed by atoms with Gasteiger partial charge in [0.2, 0.25) is 0 Å². The Bertz CT molecular complexity index is 981. The van der Waals surface area contributed by atoms with Crippen LogP contribution >= 0.6 is 0 Å². The van der Waals surface area contributed by atoms with Gasteiger partial charge in [-0.25, -0.2) is 9.97 Å². The highest BCUT2D eigenvalue weighted by molar-refractivity contribution is 5.76. The Morgan fingerprint density at radius 3 is 2.57 bits per heavy atom. The Kier molecular flexibility index (Phi) is 5.08. The maximum Gasteiger partial charge on any atom is 0.158 e. The minimum absolute atomic E-state index is 0.235. The number of aromatic nitrogens is 4. The van der Waals surface area contributed by atoms with Crippen LogP contribution in [-0.4, -0.2) is 32.2 Å². The van der Waals surface area contributed by atoms with E-state index < -0.39 is 0 Å². The van der Waals surface area contributed by atoms with E-state index in [0.717, 1.165) is 36.2 Å². The molecular weight excluding hydrogens is 352 g/mol. The summed E-state index contributed by atoms with van der Waals surface area (Å²) in [5.41, 5.74) is 9.00. The standard InChI is InChI=1S/C20H20N8/c21-10-16-11-24-19(12-23-16)26-18-9-17(25-15-7-6-14(22)8-15)20(28-27-18)13-4-2-1-3-5-13/h1-5,9,11-12,14-15H,6-8,22H2,(H2,24,25,26,27). The van der Waals surface area contributed by atoms with Gasteiger partial charge in [-0.05, 0) is 19.3 Å². The van der Waals surface area contributed by atoms with Crippen molar-refractivity contribution in [2.45, 2.75) is 31.3 Å². The van der Waals surface area contributed by atoms with Gasteiger partial charge in [0.25, 0.3) is 0 Å². The van der Waals surface area contributed by atoms with Crippen LogP contribution in [0.5, 0.6) is 0 Å². The quantitative estimate of drug-likeness (QED) is 0.624. The highest BCUT2D eigenvalue weighted by atomic mass is 15.2. The molecule has 2 heterocycles. The molecule has 8 nitrogen and oxygen atoms in total. The van der Waals surface area contributed by atoms with Gasteiger partial charge >= 0.3 is 0 Å². The van der Waals surface area contributed by atoms with Gasteiger partial charge in [0.05, 0.1) is 18.1 Å². The Morgan fingerprint density at radius 2 is 1.89 bits per heavy atom. The Morgan fingerprint density at radius 1 is 1.04 bits per heavy atom. The maximum absolute atomic E-state index is 8.84. The molecule has 0 aliphatic heterocycles. The number of hydrogen-bond acceptors (Lipinski definition) is 8. The molecule has 2 atom stereocenters. The molecule has 1 saturated carbocycles. The molecule has 2 unspecified atom stereocenters. The van der Waals surface area contributed by atoms with Gasteiger partial charge in [-0.15, -0.1) is 10.2 Å². The molecular formula is C20H20N8. The zero-order chi connectivity index (χ0) is 19.3. The van der Waals surface area contributed by atoms with Crippen LogP contribution in [-0.2, 0) is 0 Å². The average molecular weight is 372 g/mol. The summed E-state index contributed by atoms with van der Waals surface area (Å²) in [5.74, 6) is 1.04. The number of nitriles is 1. The smallest absolute Gasteiger partial charge is 0.158 e. The summed E-state index contributed by atoms with van der Waals surface area (Å²) in [6.45, 7) is 0. The maximum atomic E-state index is 8.84. The molecule has 8 heteroatoms. The molecule has 2 aromatic heterocycles. The van der Waals surface area contributed by atoms with E-state index in [4.69, 9.17) is 11.0 Å². The lowest BCUT2D eigenvalue weighted by molar-refractivity contribution is 0.687. The predicted molar refractivity (Wildman–Crippen MR) is 107 cm³/mol. The van der Waals surface area contributed by atoms with Crippen LogP contribution in [0.4, 0.5) is 17.3 Å². The molecule has 4 rings (SSSR count). The number of nitrogens with one attached hydrogen (secondary N) is 2. The topological polar surface area (TPSA) is 125 Å². The van der Waals surface area contributed by atoms with Crippen LogP contribution < -0.4 is 16.4 Å². The zero-order valence-corrected chi connectivity index (χ0v) is 15.2.